The Morgan fingerprint density at radius 3 is 2.67 bits per heavy atom. The van der Waals surface area contributed by atoms with E-state index in [9.17, 15) is 9.90 Å². The highest BCUT2D eigenvalue weighted by molar-refractivity contribution is 7.11. The van der Waals surface area contributed by atoms with E-state index in [1.165, 1.54) is 12.0 Å². The maximum absolute atomic E-state index is 13.0. The van der Waals surface area contributed by atoms with Gasteiger partial charge in [-0.1, -0.05) is 18.5 Å². The molecule has 6 heteroatoms. The minimum atomic E-state index is -0.245. The van der Waals surface area contributed by atoms with Gasteiger partial charge >= 0.3 is 0 Å². The van der Waals surface area contributed by atoms with Crippen LogP contribution in [0.15, 0.2) is 30.3 Å². The van der Waals surface area contributed by atoms with Crippen molar-refractivity contribution in [1.82, 2.24) is 4.90 Å². The molecular formula is C18H22ClNO3S. The number of hydrogen-bond acceptors (Lipinski definition) is 4. The van der Waals surface area contributed by atoms with Gasteiger partial charge in [0.15, 0.2) is 0 Å². The first-order valence-electron chi connectivity index (χ1n) is 7.80. The Labute approximate surface area is 151 Å². The van der Waals surface area contributed by atoms with Crippen LogP contribution in [-0.2, 0) is 6.54 Å². The molecule has 4 nitrogen and oxygen atoms in total. The van der Waals surface area contributed by atoms with Crippen LogP contribution in [0, 0.1) is 6.92 Å². The summed E-state index contributed by atoms with van der Waals surface area (Å²) >= 11 is 7.74. The molecule has 0 spiro atoms. The fourth-order valence-electron chi connectivity index (χ4n) is 2.52. The smallest absolute Gasteiger partial charge is 0.254 e. The standard InChI is InChI=1S/C18H22ClNO3S/c1-4-15(11-21)20(10-17-6-5-12(2)24-17)18(22)13-7-14(19)9-16(8-13)23-3/h5-9,15,21H,4,10-11H2,1-3H3. The zero-order valence-corrected chi connectivity index (χ0v) is 15.7. The molecule has 0 saturated carbocycles. The molecule has 0 aliphatic carbocycles. The summed E-state index contributed by atoms with van der Waals surface area (Å²) in [6, 6.07) is 8.77. The first-order valence-corrected chi connectivity index (χ1v) is 8.99. The van der Waals surface area contributed by atoms with Crippen LogP contribution in [-0.4, -0.2) is 35.7 Å². The second-order valence-electron chi connectivity index (χ2n) is 5.57. The number of amides is 1. The van der Waals surface area contributed by atoms with Gasteiger partial charge in [0.25, 0.3) is 5.91 Å². The van der Waals surface area contributed by atoms with Crippen molar-refractivity contribution in [1.29, 1.82) is 0 Å². The number of benzene rings is 1. The highest BCUT2D eigenvalue weighted by atomic mass is 35.5. The number of carbonyl (C=O) groups excluding carboxylic acids is 1. The van der Waals surface area contributed by atoms with E-state index in [1.807, 2.05) is 26.0 Å². The molecule has 1 amide bonds. The molecule has 0 bridgehead atoms. The van der Waals surface area contributed by atoms with Gasteiger partial charge in [-0.15, -0.1) is 11.3 Å². The molecule has 1 N–H and O–H groups in total. The highest BCUT2D eigenvalue weighted by Crippen LogP contribution is 2.25. The van der Waals surface area contributed by atoms with Gasteiger partial charge in [0.2, 0.25) is 0 Å². The summed E-state index contributed by atoms with van der Waals surface area (Å²) < 4.78 is 5.20. The van der Waals surface area contributed by atoms with Crippen LogP contribution in [0.3, 0.4) is 0 Å². The number of halogens is 1. The van der Waals surface area contributed by atoms with Gasteiger partial charge < -0.3 is 14.7 Å². The van der Waals surface area contributed by atoms with Gasteiger partial charge in [0, 0.05) is 20.3 Å². The van der Waals surface area contributed by atoms with Crippen molar-refractivity contribution < 1.29 is 14.6 Å². The molecule has 2 aromatic rings. The Hall–Kier alpha value is -1.56. The van der Waals surface area contributed by atoms with Gasteiger partial charge in [-0.05, 0) is 43.7 Å². The van der Waals surface area contributed by atoms with E-state index < -0.39 is 0 Å². The maximum Gasteiger partial charge on any atom is 0.254 e. The quantitative estimate of drug-likeness (QED) is 0.800. The largest absolute Gasteiger partial charge is 0.497 e. The van der Waals surface area contributed by atoms with Crippen molar-refractivity contribution in [3.63, 3.8) is 0 Å². The lowest BCUT2D eigenvalue weighted by Gasteiger charge is -2.30. The second kappa shape index (κ2) is 8.51. The van der Waals surface area contributed by atoms with E-state index in [-0.39, 0.29) is 18.6 Å². The summed E-state index contributed by atoms with van der Waals surface area (Å²) in [6.45, 7) is 4.38. The van der Waals surface area contributed by atoms with E-state index >= 15 is 0 Å². The van der Waals surface area contributed by atoms with Crippen molar-refractivity contribution in [2.24, 2.45) is 0 Å². The van der Waals surface area contributed by atoms with Gasteiger partial charge in [-0.3, -0.25) is 4.79 Å². The van der Waals surface area contributed by atoms with E-state index in [2.05, 4.69) is 0 Å². The lowest BCUT2D eigenvalue weighted by atomic mass is 10.1. The minimum Gasteiger partial charge on any atom is -0.497 e. The first-order chi connectivity index (χ1) is 11.5. The average Bonchev–Trinajstić information content (AvgIpc) is 2.98. The van der Waals surface area contributed by atoms with Crippen molar-refractivity contribution >= 4 is 28.8 Å². The van der Waals surface area contributed by atoms with Crippen molar-refractivity contribution in [2.45, 2.75) is 32.9 Å². The summed E-state index contributed by atoms with van der Waals surface area (Å²) in [5.41, 5.74) is 0.458. The number of aliphatic hydroxyl groups is 1. The summed E-state index contributed by atoms with van der Waals surface area (Å²) in [5.74, 6) is 0.373. The predicted octanol–water partition coefficient (Wildman–Crippen LogP) is 4.13. The van der Waals surface area contributed by atoms with Gasteiger partial charge in [0.1, 0.15) is 5.75 Å². The SMILES string of the molecule is CCC(CO)N(Cc1ccc(C)s1)C(=O)c1cc(Cl)cc(OC)c1. The molecule has 1 unspecified atom stereocenters. The van der Waals surface area contributed by atoms with Crippen LogP contribution in [0.4, 0.5) is 0 Å². The number of aryl methyl sites for hydroxylation is 1. The van der Waals surface area contributed by atoms with Crippen molar-refractivity contribution in [3.05, 3.63) is 50.7 Å². The zero-order valence-electron chi connectivity index (χ0n) is 14.1. The summed E-state index contributed by atoms with van der Waals surface area (Å²) in [5, 5.41) is 10.1. The third kappa shape index (κ3) is 4.50. The molecule has 1 atom stereocenters. The van der Waals surface area contributed by atoms with Crippen LogP contribution in [0.5, 0.6) is 5.75 Å². The molecule has 24 heavy (non-hydrogen) atoms. The molecule has 0 saturated heterocycles. The molecule has 1 aromatic heterocycles. The number of carbonyl (C=O) groups is 1. The topological polar surface area (TPSA) is 49.8 Å². The Morgan fingerprint density at radius 1 is 1.38 bits per heavy atom. The first kappa shape index (κ1) is 18.8. The Morgan fingerprint density at radius 2 is 2.12 bits per heavy atom. The van der Waals surface area contributed by atoms with Crippen LogP contribution < -0.4 is 4.74 Å². The Kier molecular flexibility index (Phi) is 6.66. The fraction of sp³-hybridized carbons (Fsp3) is 0.389. The van der Waals surface area contributed by atoms with Crippen LogP contribution >= 0.6 is 22.9 Å². The Bertz CT molecular complexity index is 697. The molecule has 0 aliphatic heterocycles. The van der Waals surface area contributed by atoms with E-state index in [0.29, 0.717) is 29.3 Å². The normalized spacial score (nSPS) is 12.0. The molecule has 130 valence electrons. The molecule has 0 radical (unpaired) electrons. The summed E-state index contributed by atoms with van der Waals surface area (Å²) in [7, 11) is 1.54. The third-order valence-electron chi connectivity index (χ3n) is 3.86. The van der Waals surface area contributed by atoms with Crippen LogP contribution in [0.2, 0.25) is 5.02 Å². The van der Waals surface area contributed by atoms with E-state index in [1.54, 1.807) is 34.4 Å². The zero-order chi connectivity index (χ0) is 17.7. The maximum atomic E-state index is 13.0. The highest BCUT2D eigenvalue weighted by Gasteiger charge is 2.24. The average molecular weight is 368 g/mol. The molecular weight excluding hydrogens is 346 g/mol. The predicted molar refractivity (Wildman–Crippen MR) is 98.1 cm³/mol. The van der Waals surface area contributed by atoms with Gasteiger partial charge in [-0.2, -0.15) is 0 Å². The minimum absolute atomic E-state index is 0.0791. The van der Waals surface area contributed by atoms with Gasteiger partial charge in [0.05, 0.1) is 26.3 Å². The van der Waals surface area contributed by atoms with E-state index in [4.69, 9.17) is 16.3 Å². The van der Waals surface area contributed by atoms with Crippen LogP contribution in [0.1, 0.15) is 33.5 Å². The molecule has 1 aromatic carbocycles. The second-order valence-corrected chi connectivity index (χ2v) is 7.38. The van der Waals surface area contributed by atoms with Crippen molar-refractivity contribution in [2.75, 3.05) is 13.7 Å². The molecule has 0 fully saturated rings. The third-order valence-corrected chi connectivity index (χ3v) is 5.06. The van der Waals surface area contributed by atoms with Crippen LogP contribution in [0.25, 0.3) is 0 Å². The Balaban J connectivity index is 2.34. The monoisotopic (exact) mass is 367 g/mol. The molecule has 1 heterocycles. The summed E-state index contributed by atoms with van der Waals surface area (Å²) in [4.78, 5) is 17.0. The molecule has 0 aliphatic rings. The number of methoxy groups -OCH3 is 1. The number of rotatable bonds is 7. The lowest BCUT2D eigenvalue weighted by molar-refractivity contribution is 0.0566. The van der Waals surface area contributed by atoms with Crippen molar-refractivity contribution in [3.8, 4) is 5.75 Å². The van der Waals surface area contributed by atoms with Gasteiger partial charge in [-0.25, -0.2) is 0 Å². The number of ether oxygens (including phenoxy) is 1. The number of nitrogens with zero attached hydrogens (tertiary/aromatic N) is 1. The fourth-order valence-corrected chi connectivity index (χ4v) is 3.64. The van der Waals surface area contributed by atoms with E-state index in [0.717, 1.165) is 4.88 Å². The number of aliphatic hydroxyl groups excluding tert-OH is 1. The number of thiophene rings is 1. The summed E-state index contributed by atoms with van der Waals surface area (Å²) in [6.07, 6.45) is 0.671. The number of hydrogen-bond donors (Lipinski definition) is 1. The molecule has 2 rings (SSSR count). The lowest BCUT2D eigenvalue weighted by Crippen LogP contribution is -2.41.